The molecule has 1 rings (SSSR count). The molecule has 0 saturated carbocycles. The number of carboxylic acids is 1. The van der Waals surface area contributed by atoms with Gasteiger partial charge in [0.15, 0.2) is 0 Å². The highest BCUT2D eigenvalue weighted by atomic mass is 32.2. The van der Waals surface area contributed by atoms with Crippen molar-refractivity contribution in [3.8, 4) is 0 Å². The molecule has 0 radical (unpaired) electrons. The van der Waals surface area contributed by atoms with Crippen molar-refractivity contribution in [2.45, 2.75) is 38.8 Å². The van der Waals surface area contributed by atoms with Gasteiger partial charge in [0.05, 0.1) is 0 Å². The Kier molecular flexibility index (Phi) is 4.75. The van der Waals surface area contributed by atoms with Gasteiger partial charge in [-0.2, -0.15) is 11.8 Å². The summed E-state index contributed by atoms with van der Waals surface area (Å²) in [6.45, 7) is 5.46. The molecule has 82 valence electrons. The van der Waals surface area contributed by atoms with Crippen LogP contribution in [0.25, 0.3) is 0 Å². The molecule has 0 aromatic rings. The summed E-state index contributed by atoms with van der Waals surface area (Å²) in [5, 5.41) is 8.60. The topological polar surface area (TPSA) is 40.5 Å². The SMILES string of the molecule is CC(CCC(=O)O)N1CCSCC1C. The Labute approximate surface area is 89.9 Å². The van der Waals surface area contributed by atoms with E-state index < -0.39 is 5.97 Å². The van der Waals surface area contributed by atoms with Gasteiger partial charge in [0.1, 0.15) is 0 Å². The van der Waals surface area contributed by atoms with Crippen LogP contribution in [-0.4, -0.2) is 46.1 Å². The molecule has 3 nitrogen and oxygen atoms in total. The molecule has 0 bridgehead atoms. The van der Waals surface area contributed by atoms with Crippen molar-refractivity contribution >= 4 is 17.7 Å². The van der Waals surface area contributed by atoms with Gasteiger partial charge in [0.25, 0.3) is 0 Å². The summed E-state index contributed by atoms with van der Waals surface area (Å²) in [6.07, 6.45) is 1.06. The van der Waals surface area contributed by atoms with Crippen LogP contribution in [0.4, 0.5) is 0 Å². The summed E-state index contributed by atoms with van der Waals surface area (Å²) in [4.78, 5) is 12.9. The van der Waals surface area contributed by atoms with Crippen LogP contribution >= 0.6 is 11.8 Å². The van der Waals surface area contributed by atoms with Gasteiger partial charge in [-0.1, -0.05) is 0 Å². The van der Waals surface area contributed by atoms with Crippen LogP contribution in [0.3, 0.4) is 0 Å². The summed E-state index contributed by atoms with van der Waals surface area (Å²) in [6, 6.07) is 1.000. The van der Waals surface area contributed by atoms with Crippen LogP contribution < -0.4 is 0 Å². The number of rotatable bonds is 4. The second-order valence-electron chi connectivity index (χ2n) is 3.94. The van der Waals surface area contributed by atoms with Crippen LogP contribution in [0.1, 0.15) is 26.7 Å². The second kappa shape index (κ2) is 5.61. The molecule has 1 heterocycles. The Morgan fingerprint density at radius 3 is 3.00 bits per heavy atom. The van der Waals surface area contributed by atoms with E-state index in [4.69, 9.17) is 5.11 Å². The first-order valence-corrected chi connectivity index (χ1v) is 6.32. The minimum Gasteiger partial charge on any atom is -0.481 e. The summed E-state index contributed by atoms with van der Waals surface area (Å²) in [5.41, 5.74) is 0. The van der Waals surface area contributed by atoms with E-state index in [1.165, 1.54) is 11.5 Å². The van der Waals surface area contributed by atoms with E-state index in [-0.39, 0.29) is 6.42 Å². The molecule has 0 aromatic heterocycles. The van der Waals surface area contributed by atoms with Crippen molar-refractivity contribution in [1.82, 2.24) is 4.90 Å². The van der Waals surface area contributed by atoms with Gasteiger partial charge in [0, 0.05) is 36.6 Å². The third-order valence-corrected chi connectivity index (χ3v) is 3.95. The van der Waals surface area contributed by atoms with E-state index in [1.54, 1.807) is 0 Å². The van der Waals surface area contributed by atoms with Crippen molar-refractivity contribution in [3.63, 3.8) is 0 Å². The van der Waals surface area contributed by atoms with E-state index >= 15 is 0 Å². The first-order chi connectivity index (χ1) is 6.61. The lowest BCUT2D eigenvalue weighted by Crippen LogP contribution is -2.45. The average Bonchev–Trinajstić information content (AvgIpc) is 2.15. The third-order valence-electron chi connectivity index (χ3n) is 2.76. The summed E-state index contributed by atoms with van der Waals surface area (Å²) in [7, 11) is 0. The molecule has 2 atom stereocenters. The van der Waals surface area contributed by atoms with Crippen molar-refractivity contribution in [2.75, 3.05) is 18.1 Å². The van der Waals surface area contributed by atoms with E-state index in [0.29, 0.717) is 12.1 Å². The maximum Gasteiger partial charge on any atom is 0.303 e. The number of carbonyl (C=O) groups is 1. The minimum atomic E-state index is -0.684. The van der Waals surface area contributed by atoms with Crippen molar-refractivity contribution in [1.29, 1.82) is 0 Å². The lowest BCUT2D eigenvalue weighted by Gasteiger charge is -2.37. The van der Waals surface area contributed by atoms with Crippen LogP contribution in [0.2, 0.25) is 0 Å². The van der Waals surface area contributed by atoms with E-state index in [2.05, 4.69) is 18.7 Å². The summed E-state index contributed by atoms with van der Waals surface area (Å²) < 4.78 is 0. The van der Waals surface area contributed by atoms with Crippen LogP contribution in [0, 0.1) is 0 Å². The van der Waals surface area contributed by atoms with Gasteiger partial charge >= 0.3 is 5.97 Å². The zero-order valence-corrected chi connectivity index (χ0v) is 9.72. The molecule has 1 aliphatic rings. The number of aliphatic carboxylic acids is 1. The Morgan fingerprint density at radius 1 is 1.71 bits per heavy atom. The molecule has 0 aliphatic carbocycles. The number of carboxylic acid groups (broad SMARTS) is 1. The molecular weight excluding hydrogens is 198 g/mol. The van der Waals surface area contributed by atoms with Gasteiger partial charge in [-0.05, 0) is 20.3 Å². The third kappa shape index (κ3) is 3.50. The minimum absolute atomic E-state index is 0.289. The molecule has 1 saturated heterocycles. The van der Waals surface area contributed by atoms with Gasteiger partial charge in [-0.15, -0.1) is 0 Å². The highest BCUT2D eigenvalue weighted by molar-refractivity contribution is 7.99. The zero-order chi connectivity index (χ0) is 10.6. The highest BCUT2D eigenvalue weighted by Crippen LogP contribution is 2.20. The molecule has 0 amide bonds. The van der Waals surface area contributed by atoms with Crippen molar-refractivity contribution < 1.29 is 9.90 Å². The number of hydrogen-bond donors (Lipinski definition) is 1. The van der Waals surface area contributed by atoms with Crippen LogP contribution in [-0.2, 0) is 4.79 Å². The molecule has 2 unspecified atom stereocenters. The van der Waals surface area contributed by atoms with Gasteiger partial charge in [-0.25, -0.2) is 0 Å². The summed E-state index contributed by atoms with van der Waals surface area (Å²) in [5.74, 6) is 1.68. The smallest absolute Gasteiger partial charge is 0.303 e. The lowest BCUT2D eigenvalue weighted by molar-refractivity contribution is -0.137. The normalized spacial score (nSPS) is 26.0. The van der Waals surface area contributed by atoms with E-state index in [1.807, 2.05) is 11.8 Å². The number of hydrogen-bond acceptors (Lipinski definition) is 3. The fraction of sp³-hybridized carbons (Fsp3) is 0.900. The maximum absolute atomic E-state index is 10.4. The van der Waals surface area contributed by atoms with E-state index in [9.17, 15) is 4.79 Å². The van der Waals surface area contributed by atoms with E-state index in [0.717, 1.165) is 13.0 Å². The monoisotopic (exact) mass is 217 g/mol. The Balaban J connectivity index is 2.34. The average molecular weight is 217 g/mol. The molecule has 1 fully saturated rings. The largest absolute Gasteiger partial charge is 0.481 e. The number of thioether (sulfide) groups is 1. The Hall–Kier alpha value is -0.220. The predicted molar refractivity (Wildman–Crippen MR) is 59.8 cm³/mol. The molecular formula is C10H19NO2S. The lowest BCUT2D eigenvalue weighted by atomic mass is 10.1. The van der Waals surface area contributed by atoms with Crippen LogP contribution in [0.15, 0.2) is 0 Å². The zero-order valence-electron chi connectivity index (χ0n) is 8.90. The Morgan fingerprint density at radius 2 is 2.43 bits per heavy atom. The van der Waals surface area contributed by atoms with Crippen molar-refractivity contribution in [2.24, 2.45) is 0 Å². The fourth-order valence-electron chi connectivity index (χ4n) is 1.89. The quantitative estimate of drug-likeness (QED) is 0.778. The molecule has 4 heteroatoms. The fourth-order valence-corrected chi connectivity index (χ4v) is 2.93. The van der Waals surface area contributed by atoms with Gasteiger partial charge < -0.3 is 5.11 Å². The molecule has 1 aliphatic heterocycles. The molecule has 14 heavy (non-hydrogen) atoms. The molecule has 0 aromatic carbocycles. The Bertz CT molecular complexity index is 199. The van der Waals surface area contributed by atoms with Crippen molar-refractivity contribution in [3.05, 3.63) is 0 Å². The van der Waals surface area contributed by atoms with Gasteiger partial charge in [-0.3, -0.25) is 9.69 Å². The van der Waals surface area contributed by atoms with Crippen LogP contribution in [0.5, 0.6) is 0 Å². The summed E-state index contributed by atoms with van der Waals surface area (Å²) >= 11 is 1.99. The number of nitrogens with zero attached hydrogens (tertiary/aromatic N) is 1. The predicted octanol–water partition coefficient (Wildman–Crippen LogP) is 1.68. The highest BCUT2D eigenvalue weighted by Gasteiger charge is 2.23. The second-order valence-corrected chi connectivity index (χ2v) is 5.09. The first kappa shape index (κ1) is 11.9. The first-order valence-electron chi connectivity index (χ1n) is 5.16. The molecule has 1 N–H and O–H groups in total. The van der Waals surface area contributed by atoms with Gasteiger partial charge in [0.2, 0.25) is 0 Å². The molecule has 0 spiro atoms. The standard InChI is InChI=1S/C10H19NO2S/c1-8(3-4-10(12)13)11-5-6-14-7-9(11)2/h8-9H,3-7H2,1-2H3,(H,12,13). The maximum atomic E-state index is 10.4.